The molecule has 53 heavy (non-hydrogen) atoms. The highest BCUT2D eigenvalue weighted by Gasteiger charge is 2.37. The molecule has 7 aromatic rings. The number of fused-ring (bicyclic) bond motifs is 4. The number of rotatable bonds is 5. The monoisotopic (exact) mass is 710 g/mol. The van der Waals surface area contributed by atoms with E-state index in [-0.39, 0.29) is 5.41 Å². The van der Waals surface area contributed by atoms with Crippen molar-refractivity contribution in [3.63, 3.8) is 0 Å². The van der Waals surface area contributed by atoms with Gasteiger partial charge in [0.2, 0.25) is 11.4 Å². The molecule has 6 heteroatoms. The van der Waals surface area contributed by atoms with Crippen LogP contribution in [0.2, 0.25) is 0 Å². The van der Waals surface area contributed by atoms with Crippen molar-refractivity contribution in [1.82, 2.24) is 23.7 Å². The second kappa shape index (κ2) is 12.4. The minimum atomic E-state index is -3.81. The van der Waals surface area contributed by atoms with E-state index in [0.29, 0.717) is 28.6 Å². The molecule has 0 amide bonds. The average molecular weight is 711 g/mol. The molecule has 4 aromatic carbocycles. The summed E-state index contributed by atoms with van der Waals surface area (Å²) in [5.41, 5.74) is -0.709. The zero-order valence-electron chi connectivity index (χ0n) is 43.4. The van der Waals surface area contributed by atoms with Gasteiger partial charge >= 0.3 is 6.01 Å². The highest BCUT2D eigenvalue weighted by Crippen LogP contribution is 2.41. The maximum atomic E-state index is 9.15. The van der Waals surface area contributed by atoms with Crippen molar-refractivity contribution in [2.24, 2.45) is 0 Å². The zero-order chi connectivity index (χ0) is 48.3. The summed E-state index contributed by atoms with van der Waals surface area (Å²) in [6, 6.07) is 23.7. The van der Waals surface area contributed by atoms with Crippen LogP contribution in [0.1, 0.15) is 96.6 Å². The summed E-state index contributed by atoms with van der Waals surface area (Å²) in [7, 11) is 0. The summed E-state index contributed by atoms with van der Waals surface area (Å²) in [4.78, 5) is 9.20. The molecule has 1 aliphatic heterocycles. The summed E-state index contributed by atoms with van der Waals surface area (Å²) in [6.07, 6.45) is 5.40. The van der Waals surface area contributed by atoms with Crippen LogP contribution < -0.4 is 13.9 Å². The van der Waals surface area contributed by atoms with Gasteiger partial charge in [-0.1, -0.05) is 86.3 Å². The number of benzene rings is 4. The van der Waals surface area contributed by atoms with Gasteiger partial charge in [-0.15, -0.1) is 0 Å². The lowest BCUT2D eigenvalue weighted by Gasteiger charge is -2.20. The Morgan fingerprint density at radius 1 is 0.642 bits per heavy atom. The van der Waals surface area contributed by atoms with E-state index in [2.05, 4.69) is 63.2 Å². The van der Waals surface area contributed by atoms with Crippen molar-refractivity contribution in [2.45, 2.75) is 78.3 Å². The molecule has 3 aromatic heterocycles. The van der Waals surface area contributed by atoms with Crippen LogP contribution in [0.4, 0.5) is 22.7 Å². The molecule has 0 N–H and O–H groups in total. The van der Waals surface area contributed by atoms with E-state index in [4.69, 9.17) is 27.5 Å². The Morgan fingerprint density at radius 3 is 2.06 bits per heavy atom. The molecule has 1 aliphatic rings. The number of ether oxygens (including phenoxy) is 1. The Kier molecular flexibility index (Phi) is 5.21. The number of hydrogen-bond donors (Lipinski definition) is 0. The number of pyridine rings is 2. The lowest BCUT2D eigenvalue weighted by Crippen LogP contribution is -2.12. The van der Waals surface area contributed by atoms with Crippen LogP contribution in [0.15, 0.2) is 122 Å². The normalized spacial score (nSPS) is 17.6. The van der Waals surface area contributed by atoms with Gasteiger partial charge < -0.3 is 4.74 Å². The predicted octanol–water partition coefficient (Wildman–Crippen LogP) is 12.1. The molecule has 0 aliphatic carbocycles. The van der Waals surface area contributed by atoms with Gasteiger partial charge in [-0.25, -0.2) is 4.98 Å². The molecular weight excluding hydrogens is 651 g/mol. The van der Waals surface area contributed by atoms with E-state index in [1.54, 1.807) is 41.1 Å². The largest absolute Gasteiger partial charge is 0.503 e. The van der Waals surface area contributed by atoms with Gasteiger partial charge in [-0.2, -0.15) is 0 Å². The molecule has 0 saturated carbocycles. The van der Waals surface area contributed by atoms with Gasteiger partial charge in [-0.3, -0.25) is 9.55 Å². The van der Waals surface area contributed by atoms with Crippen LogP contribution in [0.5, 0.6) is 11.5 Å². The van der Waals surface area contributed by atoms with E-state index in [1.807, 2.05) is 54.9 Å². The van der Waals surface area contributed by atoms with Gasteiger partial charge in [0.1, 0.15) is 17.3 Å². The molecule has 0 radical (unpaired) electrons. The molecular formula is C47H47N5O+2. The molecule has 0 unspecified atom stereocenters. The fraction of sp³-hybridized carbons (Fsp3) is 0.255. The van der Waals surface area contributed by atoms with Gasteiger partial charge in [0, 0.05) is 78.1 Å². The molecule has 4 heterocycles. The topological polar surface area (TPSA) is 46.0 Å². The molecule has 0 bridgehead atoms. The van der Waals surface area contributed by atoms with Crippen LogP contribution in [0.3, 0.4) is 0 Å². The third kappa shape index (κ3) is 6.34. The highest BCUT2D eigenvalue weighted by atomic mass is 16.5. The first kappa shape index (κ1) is 22.3. The highest BCUT2D eigenvalue weighted by molar-refractivity contribution is 6.09. The van der Waals surface area contributed by atoms with Crippen LogP contribution in [-0.2, 0) is 16.2 Å². The van der Waals surface area contributed by atoms with Crippen LogP contribution in [-0.4, -0.2) is 20.5 Å². The van der Waals surface area contributed by atoms with Crippen molar-refractivity contribution in [3.05, 3.63) is 138 Å². The van der Waals surface area contributed by atoms with Gasteiger partial charge in [0.05, 0.1) is 22.6 Å². The van der Waals surface area contributed by atoms with E-state index in [1.165, 1.54) is 4.58 Å². The smallest absolute Gasteiger partial charge is 0.457 e. The third-order valence-corrected chi connectivity index (χ3v) is 9.41. The lowest BCUT2D eigenvalue weighted by atomic mass is 9.86. The minimum absolute atomic E-state index is 0.117. The van der Waals surface area contributed by atoms with Gasteiger partial charge in [0.15, 0.2) is 0 Å². The first-order valence-corrected chi connectivity index (χ1v) is 17.3. The number of para-hydroxylation sites is 2. The SMILES string of the molecule is [2H]c1c([2H])c(C(C([2H])([2H])[2H])(C([2H])([2H])[2H])C([2H])([2H])[2H])c([2H])c([2H])c1[N+]1=C=[N+](c2cc(Oc3ccc4c5cnccc5n(-c5cc(C(C)(C)C)ccn5)c4c3)cc(C(C)(C)C)c2)c2ccccc21. The fourth-order valence-corrected chi connectivity index (χ4v) is 6.52. The Balaban J connectivity index is 1.32. The molecule has 0 spiro atoms. The summed E-state index contributed by atoms with van der Waals surface area (Å²) >= 11 is 0. The minimum Gasteiger partial charge on any atom is -0.457 e. The quantitative estimate of drug-likeness (QED) is 0.167. The zero-order valence-corrected chi connectivity index (χ0v) is 30.4. The standard InChI is InChI=1S/C47H47N5O/c1-45(2,3)31-14-16-34(17-15-31)50-30-51(42-13-11-10-12-41(42)50)35-24-33(47(7,8)9)25-37(27-35)53-36-18-19-38-39-29-48-22-21-40(39)52(43(38)28-36)44-26-32(20-23-49-44)46(4,5)6/h10-29H,1-9H3/q+2/i1D3,2D3,3D3,14D,15D,16D,17D. The number of hydrogen-bond acceptors (Lipinski definition) is 3. The molecule has 6 nitrogen and oxygen atoms in total. The van der Waals surface area contributed by atoms with Crippen LogP contribution >= 0.6 is 0 Å². The van der Waals surface area contributed by atoms with Gasteiger partial charge in [-0.05, 0) is 78.5 Å². The van der Waals surface area contributed by atoms with Crippen molar-refractivity contribution in [2.75, 3.05) is 0 Å². The second-order valence-corrected chi connectivity index (χ2v) is 15.4. The predicted molar refractivity (Wildman–Crippen MR) is 220 cm³/mol. The van der Waals surface area contributed by atoms with E-state index in [9.17, 15) is 0 Å². The van der Waals surface area contributed by atoms with Gasteiger partial charge in [0.25, 0.3) is 11.4 Å². The average Bonchev–Trinajstić information content (AvgIpc) is 3.75. The Morgan fingerprint density at radius 2 is 1.36 bits per heavy atom. The Bertz CT molecular complexity index is 3130. The summed E-state index contributed by atoms with van der Waals surface area (Å²) < 4.78 is 122. The maximum Gasteiger partial charge on any atom is 0.503 e. The Labute approximate surface area is 330 Å². The number of nitrogens with zero attached hydrogens (tertiary/aromatic N) is 5. The lowest BCUT2D eigenvalue weighted by molar-refractivity contribution is 0.479. The summed E-state index contributed by atoms with van der Waals surface area (Å²) in [6.45, 7) is 1.19. The van der Waals surface area contributed by atoms with E-state index in [0.717, 1.165) is 38.8 Å². The van der Waals surface area contributed by atoms with E-state index < -0.39 is 66.8 Å². The van der Waals surface area contributed by atoms with Crippen molar-refractivity contribution < 1.29 is 22.6 Å². The van der Waals surface area contributed by atoms with Crippen LogP contribution in [0.25, 0.3) is 27.6 Å². The first-order chi connectivity index (χ1) is 30.6. The van der Waals surface area contributed by atoms with E-state index >= 15 is 0 Å². The van der Waals surface area contributed by atoms with Crippen molar-refractivity contribution in [3.8, 4) is 17.3 Å². The van der Waals surface area contributed by atoms with Crippen LogP contribution in [0, 0.1) is 0 Å². The number of aromatic nitrogens is 3. The molecule has 8 rings (SSSR count). The second-order valence-electron chi connectivity index (χ2n) is 15.4. The molecule has 0 atom stereocenters. The molecule has 0 saturated heterocycles. The molecule has 0 fully saturated rings. The Hall–Kier alpha value is -5.84. The maximum absolute atomic E-state index is 9.15. The van der Waals surface area contributed by atoms with Crippen molar-refractivity contribution in [1.29, 1.82) is 0 Å². The summed E-state index contributed by atoms with van der Waals surface area (Å²) in [5.74, 6) is 1.75. The summed E-state index contributed by atoms with van der Waals surface area (Å²) in [5, 5.41) is 1.91. The molecule has 264 valence electrons. The van der Waals surface area contributed by atoms with Crippen molar-refractivity contribution >= 4 is 50.6 Å². The first-order valence-electron chi connectivity index (χ1n) is 23.8. The third-order valence-electron chi connectivity index (χ3n) is 9.41. The fourth-order valence-electron chi connectivity index (χ4n) is 6.52.